The maximum absolute atomic E-state index is 6.55. The van der Waals surface area contributed by atoms with Crippen LogP contribution in [0.3, 0.4) is 0 Å². The van der Waals surface area contributed by atoms with E-state index in [0.717, 1.165) is 51.0 Å². The standard InChI is InChI=1S/C46H31N3O/c1-3-13-30(14-4-1)31-23-25-33(26-24-31)44-47-43(32-15-5-2-6-16-32)48-45(49-44)34-27-28-36-35-17-7-8-18-37(35)46(40(36)29-34)38-19-9-11-21-41(38)50-42-22-12-10-20-39(42)46/h1-29,45H,(H,47,48,49). The van der Waals surface area contributed by atoms with Crippen LogP contribution in [-0.4, -0.2) is 11.7 Å². The number of nitrogens with zero attached hydrogens (tertiary/aromatic N) is 2. The lowest BCUT2D eigenvalue weighted by atomic mass is 9.66. The Morgan fingerprint density at radius 3 is 1.56 bits per heavy atom. The van der Waals surface area contributed by atoms with E-state index in [1.807, 2.05) is 24.3 Å². The van der Waals surface area contributed by atoms with Crippen LogP contribution < -0.4 is 10.1 Å². The van der Waals surface area contributed by atoms with Gasteiger partial charge >= 0.3 is 0 Å². The highest BCUT2D eigenvalue weighted by Gasteiger charge is 2.51. The summed E-state index contributed by atoms with van der Waals surface area (Å²) in [4.78, 5) is 10.5. The third kappa shape index (κ3) is 4.32. The average Bonchev–Trinajstić information content (AvgIpc) is 3.48. The zero-order valence-electron chi connectivity index (χ0n) is 27.1. The number of nitrogens with one attached hydrogen (secondary N) is 1. The molecule has 0 amide bonds. The van der Waals surface area contributed by atoms with Gasteiger partial charge in [0.15, 0.2) is 6.17 Å². The van der Waals surface area contributed by atoms with Crippen LogP contribution in [0.2, 0.25) is 0 Å². The minimum atomic E-state index is -0.550. The minimum Gasteiger partial charge on any atom is -0.457 e. The fourth-order valence-corrected chi connectivity index (χ4v) is 7.97. The predicted octanol–water partition coefficient (Wildman–Crippen LogP) is 10.3. The molecule has 1 spiro atoms. The van der Waals surface area contributed by atoms with Crippen molar-refractivity contribution in [2.75, 3.05) is 0 Å². The van der Waals surface area contributed by atoms with Gasteiger partial charge in [0, 0.05) is 22.3 Å². The van der Waals surface area contributed by atoms with Gasteiger partial charge in [-0.2, -0.15) is 0 Å². The molecule has 0 saturated heterocycles. The Morgan fingerprint density at radius 1 is 0.420 bits per heavy atom. The first-order chi connectivity index (χ1) is 24.8. The lowest BCUT2D eigenvalue weighted by Crippen LogP contribution is -2.36. The fraction of sp³-hybridized carbons (Fsp3) is 0.0435. The Labute approximate surface area is 291 Å². The molecule has 1 unspecified atom stereocenters. The lowest BCUT2D eigenvalue weighted by molar-refractivity contribution is 0.436. The second-order valence-electron chi connectivity index (χ2n) is 13.0. The van der Waals surface area contributed by atoms with Crippen molar-refractivity contribution in [3.05, 3.63) is 215 Å². The molecule has 1 N–H and O–H groups in total. The topological polar surface area (TPSA) is 46.0 Å². The van der Waals surface area contributed by atoms with Gasteiger partial charge < -0.3 is 10.1 Å². The molecular formula is C46H31N3O. The normalized spacial score (nSPS) is 16.1. The van der Waals surface area contributed by atoms with Crippen LogP contribution in [0.15, 0.2) is 186 Å². The summed E-state index contributed by atoms with van der Waals surface area (Å²) in [6.45, 7) is 0. The van der Waals surface area contributed by atoms with Crippen LogP contribution >= 0.6 is 0 Å². The van der Waals surface area contributed by atoms with E-state index in [1.54, 1.807) is 0 Å². The largest absolute Gasteiger partial charge is 0.457 e. The summed E-state index contributed by atoms with van der Waals surface area (Å²) in [5, 5.41) is 3.58. The summed E-state index contributed by atoms with van der Waals surface area (Å²) in [5.74, 6) is 3.35. The van der Waals surface area contributed by atoms with Crippen molar-refractivity contribution in [2.24, 2.45) is 9.98 Å². The van der Waals surface area contributed by atoms with Gasteiger partial charge in [-0.25, -0.2) is 9.98 Å². The van der Waals surface area contributed by atoms with E-state index in [1.165, 1.54) is 33.4 Å². The number of hydrogen-bond acceptors (Lipinski definition) is 4. The molecule has 0 radical (unpaired) electrons. The van der Waals surface area contributed by atoms with Gasteiger partial charge in [-0.05, 0) is 57.1 Å². The molecule has 1 atom stereocenters. The van der Waals surface area contributed by atoms with E-state index in [4.69, 9.17) is 14.7 Å². The number of fused-ring (bicyclic) bond motifs is 9. The first-order valence-electron chi connectivity index (χ1n) is 17.0. The van der Waals surface area contributed by atoms with Gasteiger partial charge in [-0.1, -0.05) is 158 Å². The van der Waals surface area contributed by atoms with Gasteiger partial charge in [0.1, 0.15) is 23.2 Å². The molecule has 0 aromatic heterocycles. The first kappa shape index (κ1) is 28.5. The Morgan fingerprint density at radius 2 is 0.900 bits per heavy atom. The zero-order valence-corrected chi connectivity index (χ0v) is 27.1. The van der Waals surface area contributed by atoms with Crippen LogP contribution in [0.1, 0.15) is 45.1 Å². The molecular weight excluding hydrogens is 611 g/mol. The molecule has 0 bridgehead atoms. The number of rotatable bonds is 4. The van der Waals surface area contributed by atoms with Gasteiger partial charge in [-0.3, -0.25) is 0 Å². The number of benzene rings is 7. The molecule has 0 fully saturated rings. The summed E-state index contributed by atoms with van der Waals surface area (Å²) in [6.07, 6.45) is -0.452. The van der Waals surface area contributed by atoms with Crippen molar-refractivity contribution in [3.8, 4) is 33.8 Å². The van der Waals surface area contributed by atoms with Gasteiger partial charge in [0.05, 0.1) is 5.41 Å². The van der Waals surface area contributed by atoms with E-state index in [-0.39, 0.29) is 0 Å². The quantitative estimate of drug-likeness (QED) is 0.208. The summed E-state index contributed by atoms with van der Waals surface area (Å²) < 4.78 is 6.55. The fourth-order valence-electron chi connectivity index (χ4n) is 7.97. The highest BCUT2D eigenvalue weighted by atomic mass is 16.5. The maximum atomic E-state index is 6.55. The molecule has 7 aromatic carbocycles. The van der Waals surface area contributed by atoms with Crippen LogP contribution in [0.25, 0.3) is 22.3 Å². The first-order valence-corrected chi connectivity index (χ1v) is 17.0. The number of amidine groups is 2. The molecule has 4 heteroatoms. The molecule has 7 aromatic rings. The van der Waals surface area contributed by atoms with Crippen molar-refractivity contribution in [2.45, 2.75) is 11.6 Å². The minimum absolute atomic E-state index is 0.452. The summed E-state index contributed by atoms with van der Waals surface area (Å²) in [7, 11) is 0. The number of para-hydroxylation sites is 2. The third-order valence-electron chi connectivity index (χ3n) is 10.2. The van der Waals surface area contributed by atoms with Crippen molar-refractivity contribution >= 4 is 11.7 Å². The summed E-state index contributed by atoms with van der Waals surface area (Å²) in [6, 6.07) is 61.9. The Kier molecular flexibility index (Phi) is 6.43. The van der Waals surface area contributed by atoms with Crippen LogP contribution in [0, 0.1) is 0 Å². The van der Waals surface area contributed by atoms with Gasteiger partial charge in [0.2, 0.25) is 0 Å². The Balaban J connectivity index is 1.16. The third-order valence-corrected chi connectivity index (χ3v) is 10.2. The Bertz CT molecular complexity index is 2440. The second-order valence-corrected chi connectivity index (χ2v) is 13.0. The van der Waals surface area contributed by atoms with E-state index in [2.05, 4.69) is 157 Å². The molecule has 3 aliphatic rings. The highest BCUT2D eigenvalue weighted by Crippen LogP contribution is 2.62. The molecule has 10 rings (SSSR count). The van der Waals surface area contributed by atoms with Crippen LogP contribution in [0.5, 0.6) is 11.5 Å². The van der Waals surface area contributed by atoms with Crippen molar-refractivity contribution < 1.29 is 4.74 Å². The van der Waals surface area contributed by atoms with E-state index >= 15 is 0 Å². The van der Waals surface area contributed by atoms with E-state index < -0.39 is 11.6 Å². The molecule has 0 saturated carbocycles. The smallest absolute Gasteiger partial charge is 0.169 e. The Hall–Kier alpha value is -6.52. The van der Waals surface area contributed by atoms with Gasteiger partial charge in [0.25, 0.3) is 0 Å². The van der Waals surface area contributed by atoms with Crippen molar-refractivity contribution in [1.82, 2.24) is 5.32 Å². The summed E-state index contributed by atoms with van der Waals surface area (Å²) >= 11 is 0. The summed E-state index contributed by atoms with van der Waals surface area (Å²) in [5.41, 5.74) is 12.1. The number of aliphatic imine (C=N–C) groups is 2. The molecule has 236 valence electrons. The maximum Gasteiger partial charge on any atom is 0.169 e. The predicted molar refractivity (Wildman–Crippen MR) is 201 cm³/mol. The molecule has 2 heterocycles. The highest BCUT2D eigenvalue weighted by molar-refractivity contribution is 6.16. The average molecular weight is 642 g/mol. The van der Waals surface area contributed by atoms with Crippen molar-refractivity contribution in [1.29, 1.82) is 0 Å². The monoisotopic (exact) mass is 641 g/mol. The van der Waals surface area contributed by atoms with Crippen LogP contribution in [0.4, 0.5) is 0 Å². The molecule has 4 nitrogen and oxygen atoms in total. The van der Waals surface area contributed by atoms with Crippen LogP contribution in [-0.2, 0) is 5.41 Å². The van der Waals surface area contributed by atoms with Crippen molar-refractivity contribution in [3.63, 3.8) is 0 Å². The van der Waals surface area contributed by atoms with Gasteiger partial charge in [-0.15, -0.1) is 0 Å². The molecule has 2 aliphatic heterocycles. The lowest BCUT2D eigenvalue weighted by Gasteiger charge is -2.39. The second kappa shape index (κ2) is 11.3. The zero-order chi connectivity index (χ0) is 33.1. The number of hydrogen-bond donors (Lipinski definition) is 1. The molecule has 50 heavy (non-hydrogen) atoms. The molecule has 1 aliphatic carbocycles. The van der Waals surface area contributed by atoms with E-state index in [0.29, 0.717) is 0 Å². The number of ether oxygens (including phenoxy) is 1. The SMILES string of the molecule is c1ccc(C2=NC(c3ccc4c(c3)C3(c5ccccc5Oc5ccccc53)c3ccccc3-4)N=C(c3ccc(-c4ccccc4)cc3)N2)cc1. The van der Waals surface area contributed by atoms with E-state index in [9.17, 15) is 0 Å².